The first kappa shape index (κ1) is 14.2. The third kappa shape index (κ3) is 2.43. The van der Waals surface area contributed by atoms with Gasteiger partial charge in [0, 0.05) is 11.1 Å². The van der Waals surface area contributed by atoms with Gasteiger partial charge in [-0.3, -0.25) is 0 Å². The lowest BCUT2D eigenvalue weighted by Gasteiger charge is -2.09. The first-order valence-corrected chi connectivity index (χ1v) is 7.35. The highest BCUT2D eigenvalue weighted by molar-refractivity contribution is 7.13. The van der Waals surface area contributed by atoms with Gasteiger partial charge in [-0.05, 0) is 25.1 Å². The van der Waals surface area contributed by atoms with E-state index in [1.807, 2.05) is 6.92 Å². The molecule has 0 aliphatic carbocycles. The molecule has 0 aliphatic heterocycles. The monoisotopic (exact) mass is 310 g/mol. The van der Waals surface area contributed by atoms with E-state index < -0.39 is 0 Å². The molecule has 0 radical (unpaired) electrons. The summed E-state index contributed by atoms with van der Waals surface area (Å²) in [6, 6.07) is 9.95. The third-order valence-electron chi connectivity index (χ3n) is 3.27. The van der Waals surface area contributed by atoms with E-state index in [0.29, 0.717) is 22.4 Å². The van der Waals surface area contributed by atoms with E-state index in [2.05, 4.69) is 16.0 Å². The van der Waals surface area contributed by atoms with Crippen LogP contribution in [-0.2, 0) is 0 Å². The molecule has 2 aromatic heterocycles. The lowest BCUT2D eigenvalue weighted by Crippen LogP contribution is -1.99. The smallest absolute Gasteiger partial charge is 0.142 e. The van der Waals surface area contributed by atoms with Gasteiger partial charge in [0.1, 0.15) is 23.3 Å². The fourth-order valence-corrected chi connectivity index (χ4v) is 3.04. The number of anilines is 1. The number of nitrogens with two attached hydrogens (primary N) is 1. The lowest BCUT2D eigenvalue weighted by atomic mass is 10.0. The number of halogens is 1. The Kier molecular flexibility index (Phi) is 3.57. The van der Waals surface area contributed by atoms with Gasteiger partial charge < -0.3 is 5.73 Å². The van der Waals surface area contributed by atoms with Crippen molar-refractivity contribution >= 4 is 17.2 Å². The highest BCUT2D eigenvalue weighted by Crippen LogP contribution is 2.35. The molecule has 0 saturated heterocycles. The number of aryl methyl sites for hydroxylation is 1. The molecule has 0 amide bonds. The Hall–Kier alpha value is -2.78. The summed E-state index contributed by atoms with van der Waals surface area (Å²) in [4.78, 5) is 9.30. The van der Waals surface area contributed by atoms with E-state index in [1.54, 1.807) is 23.7 Å². The molecule has 0 bridgehead atoms. The first-order chi connectivity index (χ1) is 10.6. The van der Waals surface area contributed by atoms with Crippen LogP contribution < -0.4 is 5.73 Å². The van der Waals surface area contributed by atoms with Gasteiger partial charge in [0.15, 0.2) is 0 Å². The van der Waals surface area contributed by atoms with Crippen LogP contribution in [0.1, 0.15) is 11.3 Å². The van der Waals surface area contributed by atoms with Crippen molar-refractivity contribution < 1.29 is 4.39 Å². The number of rotatable bonds is 2. The molecule has 0 aliphatic rings. The van der Waals surface area contributed by atoms with Crippen LogP contribution in [0.3, 0.4) is 0 Å². The van der Waals surface area contributed by atoms with Crippen LogP contribution in [0.5, 0.6) is 0 Å². The minimum Gasteiger partial charge on any atom is -0.383 e. The molecule has 3 rings (SSSR count). The Balaban J connectivity index is 2.26. The largest absolute Gasteiger partial charge is 0.383 e. The molecule has 22 heavy (non-hydrogen) atoms. The molecule has 0 atom stereocenters. The molecule has 0 spiro atoms. The van der Waals surface area contributed by atoms with Crippen LogP contribution in [0.15, 0.2) is 35.8 Å². The quantitative estimate of drug-likeness (QED) is 0.781. The van der Waals surface area contributed by atoms with Gasteiger partial charge in [0.05, 0.1) is 21.8 Å². The zero-order chi connectivity index (χ0) is 15.7. The van der Waals surface area contributed by atoms with Crippen molar-refractivity contribution in [3.8, 4) is 27.8 Å². The zero-order valence-corrected chi connectivity index (χ0v) is 12.5. The van der Waals surface area contributed by atoms with Crippen LogP contribution in [0.25, 0.3) is 21.7 Å². The Morgan fingerprint density at radius 2 is 2.14 bits per heavy atom. The minimum absolute atomic E-state index is 0.132. The molecule has 3 aromatic rings. The molecule has 6 heteroatoms. The second-order valence-corrected chi connectivity index (χ2v) is 5.56. The van der Waals surface area contributed by atoms with E-state index in [1.165, 1.54) is 23.5 Å². The molecule has 2 heterocycles. The second-order valence-electron chi connectivity index (χ2n) is 4.70. The standard InChI is InChI=1S/C16H11FN4S/c1-9-15(22-8-20-9)12-6-14(21-16(19)13(12)7-18)10-3-2-4-11(17)5-10/h2-6,8H,1H3,(H2,19,21). The molecule has 108 valence electrons. The van der Waals surface area contributed by atoms with E-state index in [-0.39, 0.29) is 11.6 Å². The van der Waals surface area contributed by atoms with Crippen molar-refractivity contribution in [2.45, 2.75) is 6.92 Å². The number of pyridine rings is 1. The molecule has 0 saturated carbocycles. The molecule has 0 fully saturated rings. The SMILES string of the molecule is Cc1ncsc1-c1cc(-c2cccc(F)c2)nc(N)c1C#N. The number of hydrogen-bond acceptors (Lipinski definition) is 5. The summed E-state index contributed by atoms with van der Waals surface area (Å²) in [5.74, 6) is -0.218. The average molecular weight is 310 g/mol. The van der Waals surface area contributed by atoms with Crippen molar-refractivity contribution in [1.82, 2.24) is 9.97 Å². The Morgan fingerprint density at radius 1 is 1.32 bits per heavy atom. The van der Waals surface area contributed by atoms with Gasteiger partial charge >= 0.3 is 0 Å². The minimum atomic E-state index is -0.349. The normalized spacial score (nSPS) is 10.4. The number of nitrogen functional groups attached to an aromatic ring is 1. The fraction of sp³-hybridized carbons (Fsp3) is 0.0625. The van der Waals surface area contributed by atoms with Gasteiger partial charge in [-0.25, -0.2) is 14.4 Å². The van der Waals surface area contributed by atoms with Crippen LogP contribution in [-0.4, -0.2) is 9.97 Å². The Labute approximate surface area is 130 Å². The number of thiazole rings is 1. The second kappa shape index (κ2) is 5.54. The van der Waals surface area contributed by atoms with E-state index >= 15 is 0 Å². The van der Waals surface area contributed by atoms with E-state index in [4.69, 9.17) is 5.73 Å². The zero-order valence-electron chi connectivity index (χ0n) is 11.7. The van der Waals surface area contributed by atoms with Crippen LogP contribution in [0.4, 0.5) is 10.2 Å². The summed E-state index contributed by atoms with van der Waals surface area (Å²) in [5.41, 5.74) is 10.6. The van der Waals surface area contributed by atoms with E-state index in [9.17, 15) is 9.65 Å². The maximum Gasteiger partial charge on any atom is 0.142 e. The molecular weight excluding hydrogens is 299 g/mol. The van der Waals surface area contributed by atoms with Crippen molar-refractivity contribution in [3.63, 3.8) is 0 Å². The van der Waals surface area contributed by atoms with Crippen LogP contribution >= 0.6 is 11.3 Å². The van der Waals surface area contributed by atoms with Gasteiger partial charge in [-0.1, -0.05) is 12.1 Å². The molecular formula is C16H11FN4S. The molecule has 1 aromatic carbocycles. The number of nitrogens with zero attached hydrogens (tertiary/aromatic N) is 3. The van der Waals surface area contributed by atoms with Gasteiger partial charge in [-0.15, -0.1) is 11.3 Å². The molecule has 4 nitrogen and oxygen atoms in total. The maximum absolute atomic E-state index is 13.4. The highest BCUT2D eigenvalue weighted by atomic mass is 32.1. The predicted molar refractivity (Wildman–Crippen MR) is 84.6 cm³/mol. The van der Waals surface area contributed by atoms with E-state index in [0.717, 1.165) is 10.6 Å². The average Bonchev–Trinajstić information content (AvgIpc) is 2.92. The van der Waals surface area contributed by atoms with Crippen LogP contribution in [0.2, 0.25) is 0 Å². The first-order valence-electron chi connectivity index (χ1n) is 6.47. The van der Waals surface area contributed by atoms with Crippen molar-refractivity contribution in [2.24, 2.45) is 0 Å². The fourth-order valence-electron chi connectivity index (χ4n) is 2.22. The number of hydrogen-bond donors (Lipinski definition) is 1. The summed E-state index contributed by atoms with van der Waals surface area (Å²) in [5, 5.41) is 9.35. The Bertz CT molecular complexity index is 895. The van der Waals surface area contributed by atoms with Crippen molar-refractivity contribution in [3.05, 3.63) is 52.9 Å². The summed E-state index contributed by atoms with van der Waals surface area (Å²) in [7, 11) is 0. The van der Waals surface area contributed by atoms with Crippen LogP contribution in [0, 0.1) is 24.1 Å². The summed E-state index contributed by atoms with van der Waals surface area (Å²) >= 11 is 1.43. The number of aromatic nitrogens is 2. The van der Waals surface area contributed by atoms with Gasteiger partial charge in [0.25, 0.3) is 0 Å². The highest BCUT2D eigenvalue weighted by Gasteiger charge is 2.16. The number of nitriles is 1. The summed E-state index contributed by atoms with van der Waals surface area (Å²) in [6.07, 6.45) is 0. The van der Waals surface area contributed by atoms with Gasteiger partial charge in [-0.2, -0.15) is 5.26 Å². The van der Waals surface area contributed by atoms with Crippen molar-refractivity contribution in [2.75, 3.05) is 5.73 Å². The Morgan fingerprint density at radius 3 is 2.77 bits per heavy atom. The maximum atomic E-state index is 13.4. The third-order valence-corrected chi connectivity index (χ3v) is 4.23. The predicted octanol–water partition coefficient (Wildman–Crippen LogP) is 3.77. The lowest BCUT2D eigenvalue weighted by molar-refractivity contribution is 0.628. The summed E-state index contributed by atoms with van der Waals surface area (Å²) in [6.45, 7) is 1.87. The molecule has 0 unspecified atom stereocenters. The topological polar surface area (TPSA) is 75.6 Å². The van der Waals surface area contributed by atoms with Crippen molar-refractivity contribution in [1.29, 1.82) is 5.26 Å². The molecule has 2 N–H and O–H groups in total. The summed E-state index contributed by atoms with van der Waals surface area (Å²) < 4.78 is 13.4. The van der Waals surface area contributed by atoms with Gasteiger partial charge in [0.2, 0.25) is 0 Å². The number of benzene rings is 1.